The Morgan fingerprint density at radius 2 is 1.71 bits per heavy atom. The average molecular weight is 192 g/mol. The first-order valence-electron chi connectivity index (χ1n) is 5.07. The summed E-state index contributed by atoms with van der Waals surface area (Å²) in [6.07, 6.45) is 2.18. The Morgan fingerprint density at radius 1 is 1.07 bits per heavy atom. The summed E-state index contributed by atoms with van der Waals surface area (Å²) in [4.78, 5) is 0. The van der Waals surface area contributed by atoms with E-state index in [0.717, 1.165) is 12.0 Å². The molecule has 76 valence electrons. The van der Waals surface area contributed by atoms with Crippen LogP contribution in [0.2, 0.25) is 0 Å². The molecule has 2 heteroatoms. The molecule has 2 nitrogen and oxygen atoms in total. The van der Waals surface area contributed by atoms with E-state index in [0.29, 0.717) is 12.8 Å². The summed E-state index contributed by atoms with van der Waals surface area (Å²) < 4.78 is 0. The minimum Gasteiger partial charge on any atom is -0.387 e. The summed E-state index contributed by atoms with van der Waals surface area (Å²) in [5.74, 6) is 0. The third-order valence-electron chi connectivity index (χ3n) is 3.34. The predicted molar refractivity (Wildman–Crippen MR) is 54.8 cm³/mol. The van der Waals surface area contributed by atoms with Gasteiger partial charge in [-0.2, -0.15) is 0 Å². The van der Waals surface area contributed by atoms with Crippen LogP contribution in [0.1, 0.15) is 31.7 Å². The van der Waals surface area contributed by atoms with Crippen molar-refractivity contribution in [1.82, 2.24) is 0 Å². The van der Waals surface area contributed by atoms with E-state index in [4.69, 9.17) is 0 Å². The summed E-state index contributed by atoms with van der Waals surface area (Å²) in [5, 5.41) is 20.6. The second-order valence-corrected chi connectivity index (χ2v) is 4.35. The first-order valence-corrected chi connectivity index (χ1v) is 5.07. The summed E-state index contributed by atoms with van der Waals surface area (Å²) >= 11 is 0. The highest BCUT2D eigenvalue weighted by molar-refractivity contribution is 5.27. The first kappa shape index (κ1) is 9.69. The molecule has 0 spiro atoms. The fourth-order valence-corrected chi connectivity index (χ4v) is 2.33. The molecule has 0 amide bonds. The lowest BCUT2D eigenvalue weighted by Crippen LogP contribution is -2.44. The Bertz CT molecular complexity index is 318. The second kappa shape index (κ2) is 3.07. The quantitative estimate of drug-likeness (QED) is 0.712. The van der Waals surface area contributed by atoms with E-state index in [1.165, 1.54) is 0 Å². The molecule has 0 saturated heterocycles. The van der Waals surface area contributed by atoms with Crippen molar-refractivity contribution in [3.63, 3.8) is 0 Å². The van der Waals surface area contributed by atoms with Crippen LogP contribution in [0.4, 0.5) is 0 Å². The Morgan fingerprint density at radius 3 is 2.21 bits per heavy atom. The predicted octanol–water partition coefficient (Wildman–Crippen LogP) is 1.81. The minimum absolute atomic E-state index is 0.643. The minimum atomic E-state index is -1.06. The molecule has 1 aliphatic carbocycles. The van der Waals surface area contributed by atoms with E-state index in [2.05, 4.69) is 0 Å². The second-order valence-electron chi connectivity index (χ2n) is 4.35. The summed E-state index contributed by atoms with van der Waals surface area (Å²) in [5.41, 5.74) is -1.23. The molecule has 2 atom stereocenters. The molecule has 0 heterocycles. The van der Waals surface area contributed by atoms with Crippen LogP contribution in [-0.4, -0.2) is 15.8 Å². The van der Waals surface area contributed by atoms with Crippen LogP contribution in [0.3, 0.4) is 0 Å². The van der Waals surface area contributed by atoms with Crippen LogP contribution in [0.15, 0.2) is 30.3 Å². The first-order chi connectivity index (χ1) is 6.56. The van der Waals surface area contributed by atoms with E-state index in [-0.39, 0.29) is 0 Å². The molecule has 0 aliphatic heterocycles. The Labute approximate surface area is 84.2 Å². The summed E-state index contributed by atoms with van der Waals surface area (Å²) in [7, 11) is 0. The topological polar surface area (TPSA) is 40.5 Å². The summed E-state index contributed by atoms with van der Waals surface area (Å²) in [6.45, 7) is 1.72. The maximum Gasteiger partial charge on any atom is 0.118 e. The van der Waals surface area contributed by atoms with Gasteiger partial charge in [0.05, 0.1) is 5.60 Å². The Kier molecular flexibility index (Phi) is 2.13. The lowest BCUT2D eigenvalue weighted by molar-refractivity contribution is -0.125. The smallest absolute Gasteiger partial charge is 0.118 e. The molecule has 14 heavy (non-hydrogen) atoms. The van der Waals surface area contributed by atoms with Crippen LogP contribution in [-0.2, 0) is 5.60 Å². The molecule has 1 fully saturated rings. The third kappa shape index (κ3) is 1.26. The van der Waals surface area contributed by atoms with Crippen molar-refractivity contribution in [3.8, 4) is 0 Å². The molecule has 0 aromatic heterocycles. The molecule has 2 N–H and O–H groups in total. The zero-order valence-electron chi connectivity index (χ0n) is 8.40. The highest BCUT2D eigenvalue weighted by Crippen LogP contribution is 2.45. The molecule has 2 rings (SSSR count). The molecule has 1 saturated carbocycles. The van der Waals surface area contributed by atoms with E-state index in [9.17, 15) is 10.2 Å². The molecule has 0 radical (unpaired) electrons. The zero-order chi connectivity index (χ0) is 10.2. The third-order valence-corrected chi connectivity index (χ3v) is 3.34. The Balaban J connectivity index is 2.42. The largest absolute Gasteiger partial charge is 0.387 e. The summed E-state index contributed by atoms with van der Waals surface area (Å²) in [6, 6.07) is 9.44. The van der Waals surface area contributed by atoms with Gasteiger partial charge in [-0.25, -0.2) is 0 Å². The van der Waals surface area contributed by atoms with Gasteiger partial charge in [-0.3, -0.25) is 0 Å². The fourth-order valence-electron chi connectivity index (χ4n) is 2.33. The van der Waals surface area contributed by atoms with Crippen molar-refractivity contribution < 1.29 is 10.2 Å². The maximum absolute atomic E-state index is 10.4. The molecule has 0 unspecified atom stereocenters. The molecule has 1 aromatic rings. The van der Waals surface area contributed by atoms with Crippen molar-refractivity contribution in [2.24, 2.45) is 0 Å². The van der Waals surface area contributed by atoms with Crippen LogP contribution in [0.25, 0.3) is 0 Å². The standard InChI is InChI=1S/C12H16O2/c1-11(13)8-5-9-12(11,14)10-6-3-2-4-7-10/h2-4,6-7,13-14H,5,8-9H2,1H3/t11-,12+/m1/s1. The van der Waals surface area contributed by atoms with Crippen molar-refractivity contribution in [1.29, 1.82) is 0 Å². The SMILES string of the molecule is C[C@@]1(O)CCC[C@]1(O)c1ccccc1. The van der Waals surface area contributed by atoms with Gasteiger partial charge >= 0.3 is 0 Å². The van der Waals surface area contributed by atoms with Crippen LogP contribution in [0, 0.1) is 0 Å². The van der Waals surface area contributed by atoms with E-state index in [1.54, 1.807) is 6.92 Å². The van der Waals surface area contributed by atoms with E-state index < -0.39 is 11.2 Å². The van der Waals surface area contributed by atoms with Gasteiger partial charge in [0.1, 0.15) is 5.60 Å². The normalized spacial score (nSPS) is 37.4. The van der Waals surface area contributed by atoms with Gasteiger partial charge in [0.15, 0.2) is 0 Å². The molecule has 1 aliphatic rings. The van der Waals surface area contributed by atoms with Crippen LogP contribution >= 0.6 is 0 Å². The monoisotopic (exact) mass is 192 g/mol. The maximum atomic E-state index is 10.4. The van der Waals surface area contributed by atoms with E-state index in [1.807, 2.05) is 30.3 Å². The van der Waals surface area contributed by atoms with Crippen molar-refractivity contribution >= 4 is 0 Å². The van der Waals surface area contributed by atoms with Gasteiger partial charge in [0.25, 0.3) is 0 Å². The lowest BCUT2D eigenvalue weighted by atomic mass is 9.81. The highest BCUT2D eigenvalue weighted by atomic mass is 16.4. The van der Waals surface area contributed by atoms with Crippen molar-refractivity contribution in [2.75, 3.05) is 0 Å². The molecule has 1 aromatic carbocycles. The number of hydrogen-bond donors (Lipinski definition) is 2. The number of benzene rings is 1. The highest BCUT2D eigenvalue weighted by Gasteiger charge is 2.50. The van der Waals surface area contributed by atoms with Crippen molar-refractivity contribution in [2.45, 2.75) is 37.4 Å². The van der Waals surface area contributed by atoms with Gasteiger partial charge in [-0.05, 0) is 31.7 Å². The Hall–Kier alpha value is -0.860. The fraction of sp³-hybridized carbons (Fsp3) is 0.500. The molecular weight excluding hydrogens is 176 g/mol. The van der Waals surface area contributed by atoms with Gasteiger partial charge in [-0.15, -0.1) is 0 Å². The molecule has 0 bridgehead atoms. The number of rotatable bonds is 1. The van der Waals surface area contributed by atoms with Gasteiger partial charge in [0, 0.05) is 0 Å². The lowest BCUT2D eigenvalue weighted by Gasteiger charge is -2.35. The molecular formula is C12H16O2. The van der Waals surface area contributed by atoms with Gasteiger partial charge < -0.3 is 10.2 Å². The number of aliphatic hydroxyl groups is 2. The van der Waals surface area contributed by atoms with Crippen molar-refractivity contribution in [3.05, 3.63) is 35.9 Å². The van der Waals surface area contributed by atoms with Gasteiger partial charge in [0.2, 0.25) is 0 Å². The zero-order valence-corrected chi connectivity index (χ0v) is 8.40. The van der Waals surface area contributed by atoms with Gasteiger partial charge in [-0.1, -0.05) is 30.3 Å². The van der Waals surface area contributed by atoms with E-state index >= 15 is 0 Å². The average Bonchev–Trinajstić information content (AvgIpc) is 2.44. The van der Waals surface area contributed by atoms with Crippen LogP contribution in [0.5, 0.6) is 0 Å². The number of hydrogen-bond acceptors (Lipinski definition) is 2. The van der Waals surface area contributed by atoms with Crippen LogP contribution < -0.4 is 0 Å².